The first-order valence-electron chi connectivity index (χ1n) is 8.02. The average molecular weight is 330 g/mol. The molecule has 0 radical (unpaired) electrons. The van der Waals surface area contributed by atoms with E-state index in [4.69, 9.17) is 0 Å². The van der Waals surface area contributed by atoms with E-state index in [0.717, 1.165) is 38.5 Å². The quantitative estimate of drug-likeness (QED) is 0.450. The molecule has 1 saturated carbocycles. The van der Waals surface area contributed by atoms with Crippen LogP contribution in [0.5, 0.6) is 5.75 Å². The van der Waals surface area contributed by atoms with Crippen molar-refractivity contribution in [1.29, 1.82) is 0 Å². The number of halogens is 4. The first-order valence-corrected chi connectivity index (χ1v) is 8.02. The van der Waals surface area contributed by atoms with E-state index in [-0.39, 0.29) is 5.92 Å². The Morgan fingerprint density at radius 1 is 1.13 bits per heavy atom. The van der Waals surface area contributed by atoms with Gasteiger partial charge in [-0.1, -0.05) is 12.1 Å². The Labute approximate surface area is 134 Å². The third-order valence-electron chi connectivity index (χ3n) is 4.51. The van der Waals surface area contributed by atoms with Gasteiger partial charge in [-0.05, 0) is 62.0 Å². The first kappa shape index (κ1) is 17.8. The summed E-state index contributed by atoms with van der Waals surface area (Å²) in [5.41, 5.74) is 0.328. The van der Waals surface area contributed by atoms with Crippen LogP contribution >= 0.6 is 0 Å². The summed E-state index contributed by atoms with van der Waals surface area (Å²) < 4.78 is 57.0. The molecule has 0 saturated heterocycles. The maximum atomic E-state index is 14.2. The number of allylic oxidation sites excluding steroid dienone is 1. The molecule has 2 rings (SSSR count). The number of ether oxygens (including phenoxy) is 1. The zero-order chi connectivity index (χ0) is 16.8. The maximum Gasteiger partial charge on any atom is 0.272 e. The van der Waals surface area contributed by atoms with E-state index in [1.807, 2.05) is 6.08 Å². The van der Waals surface area contributed by atoms with Gasteiger partial charge >= 0.3 is 0 Å². The largest absolute Gasteiger partial charge is 0.484 e. The van der Waals surface area contributed by atoms with Crippen LogP contribution in [0.3, 0.4) is 0 Å². The molecular formula is C18H22F4O. The fraction of sp³-hybridized carbons (Fsp3) is 0.556. The van der Waals surface area contributed by atoms with Crippen LogP contribution in [0.15, 0.2) is 24.8 Å². The van der Waals surface area contributed by atoms with E-state index >= 15 is 0 Å². The number of rotatable bonds is 7. The number of benzene rings is 1. The van der Waals surface area contributed by atoms with Crippen molar-refractivity contribution < 1.29 is 22.3 Å². The van der Waals surface area contributed by atoms with Crippen molar-refractivity contribution in [1.82, 2.24) is 0 Å². The van der Waals surface area contributed by atoms with Crippen LogP contribution in [-0.4, -0.2) is 13.0 Å². The first-order chi connectivity index (χ1) is 11.0. The van der Waals surface area contributed by atoms with Crippen molar-refractivity contribution in [3.8, 4) is 5.75 Å². The lowest BCUT2D eigenvalue weighted by Crippen LogP contribution is -2.15. The van der Waals surface area contributed by atoms with Crippen LogP contribution in [0.1, 0.15) is 50.0 Å². The fourth-order valence-corrected chi connectivity index (χ4v) is 3.24. The second-order valence-electron chi connectivity index (χ2n) is 6.07. The second-order valence-corrected chi connectivity index (χ2v) is 6.07. The van der Waals surface area contributed by atoms with Crippen LogP contribution in [0.25, 0.3) is 0 Å². The molecule has 0 spiro atoms. The van der Waals surface area contributed by atoms with Crippen molar-refractivity contribution in [3.63, 3.8) is 0 Å². The second kappa shape index (κ2) is 8.37. The summed E-state index contributed by atoms with van der Waals surface area (Å²) in [6.45, 7) is 2.77. The Balaban J connectivity index is 2.01. The number of hydrogen-bond acceptors (Lipinski definition) is 1. The van der Waals surface area contributed by atoms with Gasteiger partial charge in [-0.3, -0.25) is 0 Å². The maximum absolute atomic E-state index is 14.2. The molecule has 23 heavy (non-hydrogen) atoms. The van der Waals surface area contributed by atoms with Crippen LogP contribution < -0.4 is 4.74 Å². The summed E-state index contributed by atoms with van der Waals surface area (Å²) >= 11 is 0. The predicted molar refractivity (Wildman–Crippen MR) is 82.0 cm³/mol. The van der Waals surface area contributed by atoms with Gasteiger partial charge in [0.1, 0.15) is 6.61 Å². The molecule has 5 heteroatoms. The third kappa shape index (κ3) is 4.72. The van der Waals surface area contributed by atoms with E-state index in [9.17, 15) is 17.6 Å². The zero-order valence-corrected chi connectivity index (χ0v) is 13.0. The highest BCUT2D eigenvalue weighted by Crippen LogP contribution is 2.39. The minimum Gasteiger partial charge on any atom is -0.484 e. The van der Waals surface area contributed by atoms with Crippen molar-refractivity contribution in [2.24, 2.45) is 5.92 Å². The van der Waals surface area contributed by atoms with Crippen LogP contribution in [0, 0.1) is 17.6 Å². The summed E-state index contributed by atoms with van der Waals surface area (Å²) in [6, 6.07) is 2.72. The highest BCUT2D eigenvalue weighted by atomic mass is 19.3. The lowest BCUT2D eigenvalue weighted by Gasteiger charge is -2.29. The normalized spacial score (nSPS) is 21.4. The smallest absolute Gasteiger partial charge is 0.272 e. The Hall–Kier alpha value is -1.52. The molecule has 1 aliphatic rings. The van der Waals surface area contributed by atoms with E-state index in [1.54, 1.807) is 0 Å². The lowest BCUT2D eigenvalue weighted by molar-refractivity contribution is 0.0794. The molecule has 0 heterocycles. The molecule has 1 aromatic rings. The molecule has 0 aliphatic heterocycles. The van der Waals surface area contributed by atoms with Gasteiger partial charge in [-0.2, -0.15) is 4.39 Å². The van der Waals surface area contributed by atoms with Gasteiger partial charge in [0.05, 0.1) is 0 Å². The fourth-order valence-electron chi connectivity index (χ4n) is 3.24. The zero-order valence-electron chi connectivity index (χ0n) is 13.0. The van der Waals surface area contributed by atoms with Gasteiger partial charge in [0, 0.05) is 0 Å². The molecule has 0 amide bonds. The molecule has 0 unspecified atom stereocenters. The highest BCUT2D eigenvalue weighted by molar-refractivity contribution is 5.33. The van der Waals surface area contributed by atoms with E-state index < -0.39 is 30.4 Å². The average Bonchev–Trinajstić information content (AvgIpc) is 2.55. The third-order valence-corrected chi connectivity index (χ3v) is 4.51. The van der Waals surface area contributed by atoms with Crippen molar-refractivity contribution >= 4 is 0 Å². The van der Waals surface area contributed by atoms with E-state index in [1.165, 1.54) is 12.1 Å². The van der Waals surface area contributed by atoms with Gasteiger partial charge in [-0.25, -0.2) is 13.2 Å². The molecule has 0 N–H and O–H groups in total. The number of hydrogen-bond donors (Lipinski definition) is 0. The lowest BCUT2D eigenvalue weighted by atomic mass is 9.77. The Morgan fingerprint density at radius 2 is 1.83 bits per heavy atom. The van der Waals surface area contributed by atoms with Crippen LogP contribution in [0.4, 0.5) is 17.6 Å². The summed E-state index contributed by atoms with van der Waals surface area (Å²) in [7, 11) is 0. The predicted octanol–water partition coefficient (Wildman–Crippen LogP) is 5.85. The standard InChI is InChI=1S/C18H22F4O/c1-2-3-4-12-5-7-13(8-6-12)14-9-10-15(18(22)17(14)21)23-11-16(19)20/h2,9-10,12-13,16H,1,3-8,11H2. The molecule has 0 bridgehead atoms. The molecule has 0 atom stereocenters. The van der Waals surface area contributed by atoms with Gasteiger partial charge in [0.2, 0.25) is 5.82 Å². The summed E-state index contributed by atoms with van der Waals surface area (Å²) in [4.78, 5) is 0. The monoisotopic (exact) mass is 330 g/mol. The Kier molecular flexibility index (Phi) is 6.48. The summed E-state index contributed by atoms with van der Waals surface area (Å²) in [6.07, 6.45) is 4.86. The molecule has 128 valence electrons. The minimum absolute atomic E-state index is 0.0198. The van der Waals surface area contributed by atoms with E-state index in [0.29, 0.717) is 11.5 Å². The van der Waals surface area contributed by atoms with Gasteiger partial charge in [0.25, 0.3) is 6.43 Å². The molecule has 1 nitrogen and oxygen atoms in total. The molecule has 0 aromatic heterocycles. The van der Waals surface area contributed by atoms with Gasteiger partial charge in [0.15, 0.2) is 11.6 Å². The van der Waals surface area contributed by atoms with Crippen molar-refractivity contribution in [3.05, 3.63) is 42.0 Å². The Bertz CT molecular complexity index is 522. The van der Waals surface area contributed by atoms with Gasteiger partial charge < -0.3 is 4.74 Å². The van der Waals surface area contributed by atoms with Gasteiger partial charge in [-0.15, -0.1) is 6.58 Å². The molecule has 1 fully saturated rings. The topological polar surface area (TPSA) is 9.23 Å². The van der Waals surface area contributed by atoms with Crippen LogP contribution in [0.2, 0.25) is 0 Å². The minimum atomic E-state index is -2.72. The number of alkyl halides is 2. The molecular weight excluding hydrogens is 308 g/mol. The summed E-state index contributed by atoms with van der Waals surface area (Å²) in [5.74, 6) is -1.99. The Morgan fingerprint density at radius 3 is 2.43 bits per heavy atom. The van der Waals surface area contributed by atoms with E-state index in [2.05, 4.69) is 11.3 Å². The highest BCUT2D eigenvalue weighted by Gasteiger charge is 2.26. The van der Waals surface area contributed by atoms with Crippen LogP contribution in [-0.2, 0) is 0 Å². The SMILES string of the molecule is C=CCCC1CCC(c2ccc(OCC(F)F)c(F)c2F)CC1. The molecule has 1 aliphatic carbocycles. The van der Waals surface area contributed by atoms with Crippen molar-refractivity contribution in [2.75, 3.05) is 6.61 Å². The summed E-state index contributed by atoms with van der Waals surface area (Å²) in [5, 5.41) is 0. The van der Waals surface area contributed by atoms with Crippen molar-refractivity contribution in [2.45, 2.75) is 50.9 Å². The molecule has 1 aromatic carbocycles.